The standard InChI is InChI=1S/C28H27BrN2O3/c1-33-27-14-22-19(12-28(27)34-16-18-6-8-20(29)9-7-18)10-11-30-15-26-23(13-25(22)30)21-4-2-3-5-24(21)31(26)17-32/h2-9,12,14,25,32H,10-11,13,15-17H2,1H3. The number of methoxy groups -OCH3 is 1. The number of rotatable bonds is 5. The second-order valence-electron chi connectivity index (χ2n) is 9.07. The molecule has 34 heavy (non-hydrogen) atoms. The minimum Gasteiger partial charge on any atom is -0.493 e. The molecule has 1 aromatic heterocycles. The van der Waals surface area contributed by atoms with Gasteiger partial charge >= 0.3 is 0 Å². The lowest BCUT2D eigenvalue weighted by Gasteiger charge is -2.41. The van der Waals surface area contributed by atoms with Gasteiger partial charge in [-0.25, -0.2) is 0 Å². The lowest BCUT2D eigenvalue weighted by atomic mass is 9.85. The van der Waals surface area contributed by atoms with Crippen molar-refractivity contribution in [3.63, 3.8) is 0 Å². The van der Waals surface area contributed by atoms with Crippen molar-refractivity contribution in [1.29, 1.82) is 0 Å². The van der Waals surface area contributed by atoms with Crippen molar-refractivity contribution in [1.82, 2.24) is 9.47 Å². The molecule has 1 atom stereocenters. The molecule has 0 fully saturated rings. The van der Waals surface area contributed by atoms with E-state index in [2.05, 4.69) is 67.9 Å². The Bertz CT molecular complexity index is 1360. The topological polar surface area (TPSA) is 46.9 Å². The van der Waals surface area contributed by atoms with Crippen LogP contribution in [0.1, 0.15) is 34.0 Å². The highest BCUT2D eigenvalue weighted by Crippen LogP contribution is 2.44. The highest BCUT2D eigenvalue weighted by atomic mass is 79.9. The average Bonchev–Trinajstić information content (AvgIpc) is 3.19. The summed E-state index contributed by atoms with van der Waals surface area (Å²) in [6.45, 7) is 2.35. The van der Waals surface area contributed by atoms with E-state index < -0.39 is 0 Å². The van der Waals surface area contributed by atoms with Gasteiger partial charge in [0.15, 0.2) is 11.5 Å². The van der Waals surface area contributed by atoms with Crippen LogP contribution in [0.4, 0.5) is 0 Å². The SMILES string of the molecule is COc1cc2c(cc1OCc1ccc(Br)cc1)CCN1Cc3c(c4ccccc4n3CO)CC21. The van der Waals surface area contributed by atoms with Crippen molar-refractivity contribution in [2.75, 3.05) is 13.7 Å². The van der Waals surface area contributed by atoms with Crippen molar-refractivity contribution >= 4 is 26.8 Å². The fraction of sp³-hybridized carbons (Fsp3) is 0.286. The van der Waals surface area contributed by atoms with Gasteiger partial charge in [-0.15, -0.1) is 0 Å². The minimum absolute atomic E-state index is 0.0117. The monoisotopic (exact) mass is 518 g/mol. The Labute approximate surface area is 207 Å². The molecule has 0 spiro atoms. The molecule has 1 N–H and O–H groups in total. The van der Waals surface area contributed by atoms with E-state index in [1.54, 1.807) is 7.11 Å². The first-order valence-electron chi connectivity index (χ1n) is 11.7. The maximum Gasteiger partial charge on any atom is 0.161 e. The van der Waals surface area contributed by atoms with Gasteiger partial charge in [0.1, 0.15) is 13.3 Å². The predicted molar refractivity (Wildman–Crippen MR) is 136 cm³/mol. The lowest BCUT2D eigenvalue weighted by Crippen LogP contribution is -2.39. The Morgan fingerprint density at radius 1 is 1.06 bits per heavy atom. The van der Waals surface area contributed by atoms with Gasteiger partial charge in [-0.3, -0.25) is 4.90 Å². The van der Waals surface area contributed by atoms with E-state index in [1.807, 2.05) is 18.2 Å². The first-order valence-corrected chi connectivity index (χ1v) is 12.5. The molecule has 0 radical (unpaired) electrons. The summed E-state index contributed by atoms with van der Waals surface area (Å²) in [6.07, 6.45) is 1.90. The van der Waals surface area contributed by atoms with Crippen LogP contribution in [0.15, 0.2) is 65.1 Å². The number of hydrogen-bond donors (Lipinski definition) is 1. The summed E-state index contributed by atoms with van der Waals surface area (Å²) in [4.78, 5) is 2.54. The third-order valence-electron chi connectivity index (χ3n) is 7.29. The summed E-state index contributed by atoms with van der Waals surface area (Å²) in [5, 5.41) is 11.3. The molecular formula is C28H27BrN2O3. The molecule has 0 amide bonds. The zero-order valence-electron chi connectivity index (χ0n) is 19.1. The first-order chi connectivity index (χ1) is 16.7. The summed E-state index contributed by atoms with van der Waals surface area (Å²) < 4.78 is 15.1. The van der Waals surface area contributed by atoms with Crippen LogP contribution in [-0.4, -0.2) is 28.2 Å². The fourth-order valence-electron chi connectivity index (χ4n) is 5.59. The molecule has 1 unspecified atom stereocenters. The van der Waals surface area contributed by atoms with Crippen LogP contribution >= 0.6 is 15.9 Å². The van der Waals surface area contributed by atoms with Crippen molar-refractivity contribution < 1.29 is 14.6 Å². The van der Waals surface area contributed by atoms with E-state index in [0.29, 0.717) is 12.6 Å². The predicted octanol–water partition coefficient (Wildman–Crippen LogP) is 5.60. The number of halogens is 1. The molecule has 2 aliphatic rings. The zero-order valence-corrected chi connectivity index (χ0v) is 20.7. The maximum atomic E-state index is 10.1. The largest absolute Gasteiger partial charge is 0.493 e. The van der Waals surface area contributed by atoms with E-state index in [0.717, 1.165) is 53.0 Å². The number of nitrogens with zero attached hydrogens (tertiary/aromatic N) is 2. The van der Waals surface area contributed by atoms with E-state index in [4.69, 9.17) is 9.47 Å². The summed E-state index contributed by atoms with van der Waals surface area (Å²) >= 11 is 3.48. The Morgan fingerprint density at radius 2 is 1.88 bits per heavy atom. The van der Waals surface area contributed by atoms with Gasteiger partial charge in [0.05, 0.1) is 12.6 Å². The van der Waals surface area contributed by atoms with Crippen molar-refractivity contribution in [3.8, 4) is 11.5 Å². The maximum absolute atomic E-state index is 10.1. The van der Waals surface area contributed by atoms with Gasteiger partial charge in [0.25, 0.3) is 0 Å². The molecule has 3 aromatic carbocycles. The van der Waals surface area contributed by atoms with Crippen LogP contribution in [0.25, 0.3) is 10.9 Å². The minimum atomic E-state index is 0.0117. The quantitative estimate of drug-likeness (QED) is 0.373. The summed E-state index contributed by atoms with van der Waals surface area (Å²) in [6, 6.07) is 21.3. The normalized spacial score (nSPS) is 17.2. The highest BCUT2D eigenvalue weighted by Gasteiger charge is 2.35. The van der Waals surface area contributed by atoms with Gasteiger partial charge in [-0.1, -0.05) is 46.3 Å². The van der Waals surface area contributed by atoms with Gasteiger partial charge in [-0.2, -0.15) is 0 Å². The molecule has 0 saturated carbocycles. The molecule has 2 aliphatic heterocycles. The molecule has 6 heteroatoms. The van der Waals surface area contributed by atoms with E-state index in [1.165, 1.54) is 27.8 Å². The third-order valence-corrected chi connectivity index (χ3v) is 7.82. The molecular weight excluding hydrogens is 492 g/mol. The number of aliphatic hydroxyl groups excluding tert-OH is 1. The summed E-state index contributed by atoms with van der Waals surface area (Å²) in [7, 11) is 1.71. The van der Waals surface area contributed by atoms with E-state index in [9.17, 15) is 5.11 Å². The third kappa shape index (κ3) is 3.61. The number of aromatic nitrogens is 1. The van der Waals surface area contributed by atoms with Gasteiger partial charge in [0, 0.05) is 34.7 Å². The van der Waals surface area contributed by atoms with Crippen molar-refractivity contribution in [2.45, 2.75) is 38.8 Å². The Hall–Kier alpha value is -2.80. The van der Waals surface area contributed by atoms with Crippen LogP contribution in [0, 0.1) is 0 Å². The molecule has 0 saturated heterocycles. The van der Waals surface area contributed by atoms with E-state index >= 15 is 0 Å². The second kappa shape index (κ2) is 8.77. The first kappa shape index (κ1) is 21.7. The van der Waals surface area contributed by atoms with Crippen LogP contribution in [0.3, 0.4) is 0 Å². The summed E-state index contributed by atoms with van der Waals surface area (Å²) in [5.74, 6) is 1.58. The number of fused-ring (bicyclic) bond motifs is 6. The molecule has 4 aromatic rings. The Kier molecular flexibility index (Phi) is 5.60. The molecule has 3 heterocycles. The molecule has 0 bridgehead atoms. The Morgan fingerprint density at radius 3 is 2.68 bits per heavy atom. The number of para-hydroxylation sites is 1. The average molecular weight is 519 g/mol. The number of aliphatic hydroxyl groups is 1. The van der Waals surface area contributed by atoms with Crippen LogP contribution in [0.2, 0.25) is 0 Å². The smallest absolute Gasteiger partial charge is 0.161 e. The van der Waals surface area contributed by atoms with Gasteiger partial charge < -0.3 is 19.1 Å². The molecule has 5 nitrogen and oxygen atoms in total. The van der Waals surface area contributed by atoms with Gasteiger partial charge in [0.2, 0.25) is 0 Å². The van der Waals surface area contributed by atoms with Crippen molar-refractivity contribution in [3.05, 3.63) is 93.1 Å². The molecule has 6 rings (SSSR count). The summed E-state index contributed by atoms with van der Waals surface area (Å²) in [5.41, 5.74) is 7.49. The molecule has 174 valence electrons. The zero-order chi connectivity index (χ0) is 23.2. The van der Waals surface area contributed by atoms with Gasteiger partial charge in [-0.05, 0) is 65.4 Å². The van der Waals surface area contributed by atoms with Crippen LogP contribution < -0.4 is 9.47 Å². The van der Waals surface area contributed by atoms with Crippen LogP contribution in [0.5, 0.6) is 11.5 Å². The fourth-order valence-corrected chi connectivity index (χ4v) is 5.85. The van der Waals surface area contributed by atoms with E-state index in [-0.39, 0.29) is 6.73 Å². The number of hydrogen-bond acceptors (Lipinski definition) is 4. The molecule has 0 aliphatic carbocycles. The van der Waals surface area contributed by atoms with Crippen LogP contribution in [-0.2, 0) is 32.7 Å². The van der Waals surface area contributed by atoms with Crippen molar-refractivity contribution in [2.24, 2.45) is 0 Å². The second-order valence-corrected chi connectivity index (χ2v) is 9.98. The Balaban J connectivity index is 1.34. The number of benzene rings is 3. The lowest BCUT2D eigenvalue weighted by molar-refractivity contribution is 0.145. The highest BCUT2D eigenvalue weighted by molar-refractivity contribution is 9.10. The number of ether oxygens (including phenoxy) is 2.